The van der Waals surface area contributed by atoms with Crippen molar-refractivity contribution in [3.63, 3.8) is 0 Å². The number of ether oxygens (including phenoxy) is 2. The van der Waals surface area contributed by atoms with Crippen LogP contribution in [-0.4, -0.2) is 42.8 Å². The Kier molecular flexibility index (Phi) is 11.8. The molecule has 1 rings (SSSR count). The molecular formula is C16H26BrO6P. The lowest BCUT2D eigenvalue weighted by Gasteiger charge is -2.20. The predicted octanol–water partition coefficient (Wildman–Crippen LogP) is 3.92. The number of hydrogen-bond acceptors (Lipinski definition) is 5. The number of unbranched alkanes of at least 4 members (excludes halogenated alkanes) is 1. The third-order valence-electron chi connectivity index (χ3n) is 3.03. The third-order valence-corrected chi connectivity index (χ3v) is 4.34. The van der Waals surface area contributed by atoms with E-state index in [9.17, 15) is 9.46 Å². The van der Waals surface area contributed by atoms with Crippen LogP contribution in [0.1, 0.15) is 25.3 Å². The van der Waals surface area contributed by atoms with E-state index in [-0.39, 0.29) is 13.2 Å². The zero-order chi connectivity index (χ0) is 17.7. The molecule has 1 aromatic carbocycles. The Bertz CT molecular complexity index is 473. The van der Waals surface area contributed by atoms with Gasteiger partial charge in [-0.05, 0) is 12.0 Å². The SMILES string of the molecule is CCCCOC[C@@H](COP(=O)(O)OCCBr)OCc1ccccc1. The minimum absolute atomic E-state index is 0.0744. The van der Waals surface area contributed by atoms with Gasteiger partial charge in [0, 0.05) is 11.9 Å². The van der Waals surface area contributed by atoms with Crippen molar-refractivity contribution in [1.29, 1.82) is 0 Å². The van der Waals surface area contributed by atoms with Gasteiger partial charge in [-0.15, -0.1) is 0 Å². The van der Waals surface area contributed by atoms with Gasteiger partial charge in [-0.1, -0.05) is 59.6 Å². The van der Waals surface area contributed by atoms with Gasteiger partial charge in [0.05, 0.1) is 26.4 Å². The topological polar surface area (TPSA) is 74.2 Å². The fourth-order valence-corrected chi connectivity index (χ4v) is 2.92. The molecule has 0 saturated heterocycles. The predicted molar refractivity (Wildman–Crippen MR) is 96.3 cm³/mol. The Balaban J connectivity index is 2.45. The van der Waals surface area contributed by atoms with Crippen molar-refractivity contribution in [1.82, 2.24) is 0 Å². The standard InChI is InChI=1S/C16H26BrO6P/c1-2-3-10-20-13-16(14-23-24(18,19)22-11-9-17)21-12-15-7-5-4-6-8-15/h4-8,16H,2-3,9-14H2,1H3,(H,18,19)/t16-/m0/s1. The van der Waals surface area contributed by atoms with Crippen molar-refractivity contribution in [2.45, 2.75) is 32.5 Å². The second kappa shape index (κ2) is 13.0. The molecule has 8 heteroatoms. The molecule has 0 radical (unpaired) electrons. The summed E-state index contributed by atoms with van der Waals surface area (Å²) in [4.78, 5) is 9.58. The molecule has 0 fully saturated rings. The van der Waals surface area contributed by atoms with Gasteiger partial charge in [0.15, 0.2) is 0 Å². The Morgan fingerprint density at radius 2 is 1.92 bits per heavy atom. The fourth-order valence-electron chi connectivity index (χ4n) is 1.76. The summed E-state index contributed by atoms with van der Waals surface area (Å²) in [6.07, 6.45) is 1.55. The number of alkyl halides is 1. The smallest absolute Gasteiger partial charge is 0.379 e. The highest BCUT2D eigenvalue weighted by molar-refractivity contribution is 9.09. The summed E-state index contributed by atoms with van der Waals surface area (Å²) in [7, 11) is -4.07. The first-order chi connectivity index (χ1) is 11.6. The molecule has 0 heterocycles. The molecule has 0 saturated carbocycles. The molecule has 0 spiro atoms. The summed E-state index contributed by atoms with van der Waals surface area (Å²) in [5.41, 5.74) is 1.01. The van der Waals surface area contributed by atoms with Gasteiger partial charge in [0.2, 0.25) is 0 Å². The lowest BCUT2D eigenvalue weighted by atomic mass is 10.2. The van der Waals surface area contributed by atoms with Crippen LogP contribution in [0.5, 0.6) is 0 Å². The normalized spacial score (nSPS) is 15.1. The number of hydrogen-bond donors (Lipinski definition) is 1. The Morgan fingerprint density at radius 3 is 2.58 bits per heavy atom. The first kappa shape index (κ1) is 21.8. The van der Waals surface area contributed by atoms with E-state index in [1.165, 1.54) is 0 Å². The molecule has 0 aliphatic heterocycles. The zero-order valence-electron chi connectivity index (χ0n) is 13.9. The van der Waals surface area contributed by atoms with E-state index in [0.29, 0.717) is 25.2 Å². The van der Waals surface area contributed by atoms with Crippen LogP contribution in [0.15, 0.2) is 30.3 Å². The van der Waals surface area contributed by atoms with Crippen LogP contribution in [-0.2, 0) is 29.7 Å². The van der Waals surface area contributed by atoms with Crippen LogP contribution >= 0.6 is 23.8 Å². The van der Waals surface area contributed by atoms with Crippen LogP contribution in [0.25, 0.3) is 0 Å². The van der Waals surface area contributed by atoms with Crippen LogP contribution in [0.4, 0.5) is 0 Å². The largest absolute Gasteiger partial charge is 0.472 e. The van der Waals surface area contributed by atoms with Gasteiger partial charge < -0.3 is 14.4 Å². The summed E-state index contributed by atoms with van der Waals surface area (Å²) in [6, 6.07) is 9.69. The minimum Gasteiger partial charge on any atom is -0.379 e. The molecule has 1 unspecified atom stereocenters. The number of phosphoric ester groups is 1. The lowest BCUT2D eigenvalue weighted by Crippen LogP contribution is -2.25. The van der Waals surface area contributed by atoms with Crippen molar-refractivity contribution >= 4 is 23.8 Å². The second-order valence-electron chi connectivity index (χ2n) is 5.13. The van der Waals surface area contributed by atoms with Gasteiger partial charge in [0.1, 0.15) is 6.10 Å². The van der Waals surface area contributed by atoms with E-state index in [0.717, 1.165) is 18.4 Å². The molecule has 138 valence electrons. The summed E-state index contributed by atoms with van der Waals surface area (Å²) in [5, 5.41) is 0.453. The molecule has 1 aromatic rings. The maximum atomic E-state index is 11.7. The van der Waals surface area contributed by atoms with Crippen molar-refractivity contribution < 1.29 is 28.0 Å². The van der Waals surface area contributed by atoms with Crippen molar-refractivity contribution in [2.75, 3.05) is 31.8 Å². The summed E-state index contributed by atoms with van der Waals surface area (Å²) >= 11 is 3.12. The molecule has 2 atom stereocenters. The number of rotatable bonds is 14. The maximum Gasteiger partial charge on any atom is 0.472 e. The zero-order valence-corrected chi connectivity index (χ0v) is 16.4. The summed E-state index contributed by atoms with van der Waals surface area (Å²) in [6.45, 7) is 3.40. The Hall–Kier alpha value is -0.270. The van der Waals surface area contributed by atoms with E-state index in [1.54, 1.807) is 0 Å². The van der Waals surface area contributed by atoms with Crippen molar-refractivity contribution in [3.8, 4) is 0 Å². The first-order valence-corrected chi connectivity index (χ1v) is 10.6. The molecular weight excluding hydrogens is 399 g/mol. The van der Waals surface area contributed by atoms with Crippen LogP contribution in [0.2, 0.25) is 0 Å². The third kappa shape index (κ3) is 10.6. The lowest BCUT2D eigenvalue weighted by molar-refractivity contribution is -0.0503. The van der Waals surface area contributed by atoms with E-state index in [4.69, 9.17) is 18.5 Å². The van der Waals surface area contributed by atoms with Crippen LogP contribution in [0, 0.1) is 0 Å². The molecule has 0 aliphatic rings. The quantitative estimate of drug-likeness (QED) is 0.277. The van der Waals surface area contributed by atoms with Gasteiger partial charge >= 0.3 is 7.82 Å². The van der Waals surface area contributed by atoms with Gasteiger partial charge in [-0.3, -0.25) is 9.05 Å². The highest BCUT2D eigenvalue weighted by atomic mass is 79.9. The maximum absolute atomic E-state index is 11.7. The number of phosphoric acid groups is 1. The molecule has 0 aromatic heterocycles. The Labute approximate surface area is 152 Å². The summed E-state index contributed by atoms with van der Waals surface area (Å²) < 4.78 is 32.8. The van der Waals surface area contributed by atoms with Crippen LogP contribution in [0.3, 0.4) is 0 Å². The van der Waals surface area contributed by atoms with Gasteiger partial charge in [-0.2, -0.15) is 0 Å². The highest BCUT2D eigenvalue weighted by Gasteiger charge is 2.23. The molecule has 0 amide bonds. The monoisotopic (exact) mass is 424 g/mol. The minimum atomic E-state index is -4.07. The van der Waals surface area contributed by atoms with Crippen molar-refractivity contribution in [3.05, 3.63) is 35.9 Å². The molecule has 6 nitrogen and oxygen atoms in total. The highest BCUT2D eigenvalue weighted by Crippen LogP contribution is 2.43. The average molecular weight is 425 g/mol. The van der Waals surface area contributed by atoms with Gasteiger partial charge in [0.25, 0.3) is 0 Å². The molecule has 24 heavy (non-hydrogen) atoms. The second-order valence-corrected chi connectivity index (χ2v) is 7.38. The van der Waals surface area contributed by atoms with E-state index in [2.05, 4.69) is 22.9 Å². The van der Waals surface area contributed by atoms with Gasteiger partial charge in [-0.25, -0.2) is 4.57 Å². The Morgan fingerprint density at radius 1 is 1.17 bits per heavy atom. The van der Waals surface area contributed by atoms with E-state index in [1.807, 2.05) is 30.3 Å². The average Bonchev–Trinajstić information content (AvgIpc) is 2.59. The number of benzene rings is 1. The molecule has 1 N–H and O–H groups in total. The molecule has 0 bridgehead atoms. The fraction of sp³-hybridized carbons (Fsp3) is 0.625. The van der Waals surface area contributed by atoms with E-state index >= 15 is 0 Å². The number of halogens is 1. The van der Waals surface area contributed by atoms with Crippen molar-refractivity contribution in [2.24, 2.45) is 0 Å². The van der Waals surface area contributed by atoms with E-state index < -0.39 is 13.9 Å². The van der Waals surface area contributed by atoms with Crippen LogP contribution < -0.4 is 0 Å². The molecule has 0 aliphatic carbocycles. The summed E-state index contributed by atoms with van der Waals surface area (Å²) in [5.74, 6) is 0. The first-order valence-electron chi connectivity index (χ1n) is 7.98.